The largest absolute Gasteiger partial charge is 0.359 e. The van der Waals surface area contributed by atoms with Gasteiger partial charge in [0.1, 0.15) is 6.17 Å². The molecule has 74 valence electrons. The highest BCUT2D eigenvalue weighted by atomic mass is 15.4. The van der Waals surface area contributed by atoms with Crippen LogP contribution in [0.2, 0.25) is 0 Å². The van der Waals surface area contributed by atoms with Gasteiger partial charge in [0, 0.05) is 25.1 Å². The first-order valence-corrected chi connectivity index (χ1v) is 5.06. The van der Waals surface area contributed by atoms with Crippen LogP contribution >= 0.6 is 0 Å². The fraction of sp³-hybridized carbons (Fsp3) is 0.333. The first-order valence-electron chi connectivity index (χ1n) is 5.06. The second kappa shape index (κ2) is 3.74. The summed E-state index contributed by atoms with van der Waals surface area (Å²) in [5.74, 6) is 0. The number of anilines is 1. The molecule has 1 aliphatic rings. The Morgan fingerprint density at radius 1 is 1.14 bits per heavy atom. The summed E-state index contributed by atoms with van der Waals surface area (Å²) in [4.78, 5) is 4.55. The fourth-order valence-corrected chi connectivity index (χ4v) is 1.91. The standard InChI is InChI=1S/C12H16N2/c1-3-12-13(2)9-10-14(12)11-7-5-4-6-8-11/h4-10,12H,3H2,1-2H3. The maximum Gasteiger partial charge on any atom is 0.105 e. The highest BCUT2D eigenvalue weighted by Gasteiger charge is 2.22. The van der Waals surface area contributed by atoms with Gasteiger partial charge in [-0.05, 0) is 18.6 Å². The molecule has 0 spiro atoms. The van der Waals surface area contributed by atoms with E-state index in [0.717, 1.165) is 6.42 Å². The van der Waals surface area contributed by atoms with E-state index in [2.05, 4.69) is 60.4 Å². The van der Waals surface area contributed by atoms with Gasteiger partial charge in [-0.2, -0.15) is 0 Å². The second-order valence-electron chi connectivity index (χ2n) is 3.60. The highest BCUT2D eigenvalue weighted by Crippen LogP contribution is 2.24. The molecule has 0 radical (unpaired) electrons. The molecule has 2 rings (SSSR count). The van der Waals surface area contributed by atoms with Crippen LogP contribution in [0.5, 0.6) is 0 Å². The molecule has 1 aliphatic heterocycles. The van der Waals surface area contributed by atoms with E-state index in [1.54, 1.807) is 0 Å². The lowest BCUT2D eigenvalue weighted by Crippen LogP contribution is -2.35. The molecule has 0 saturated carbocycles. The van der Waals surface area contributed by atoms with Crippen molar-refractivity contribution >= 4 is 5.69 Å². The Bertz CT molecular complexity index is 318. The topological polar surface area (TPSA) is 6.48 Å². The van der Waals surface area contributed by atoms with E-state index in [4.69, 9.17) is 0 Å². The van der Waals surface area contributed by atoms with E-state index in [9.17, 15) is 0 Å². The van der Waals surface area contributed by atoms with Crippen molar-refractivity contribution in [3.05, 3.63) is 42.7 Å². The Balaban J connectivity index is 2.24. The number of para-hydroxylation sites is 1. The predicted octanol–water partition coefficient (Wildman–Crippen LogP) is 2.65. The van der Waals surface area contributed by atoms with E-state index >= 15 is 0 Å². The summed E-state index contributed by atoms with van der Waals surface area (Å²) in [7, 11) is 2.12. The molecule has 2 nitrogen and oxygen atoms in total. The smallest absolute Gasteiger partial charge is 0.105 e. The van der Waals surface area contributed by atoms with E-state index in [-0.39, 0.29) is 0 Å². The zero-order valence-corrected chi connectivity index (χ0v) is 8.72. The van der Waals surface area contributed by atoms with Gasteiger partial charge in [0.2, 0.25) is 0 Å². The molecule has 1 aromatic carbocycles. The number of hydrogen-bond acceptors (Lipinski definition) is 2. The van der Waals surface area contributed by atoms with E-state index in [1.165, 1.54) is 5.69 Å². The summed E-state index contributed by atoms with van der Waals surface area (Å²) in [5.41, 5.74) is 1.26. The van der Waals surface area contributed by atoms with Crippen molar-refractivity contribution in [3.8, 4) is 0 Å². The lowest BCUT2D eigenvalue weighted by atomic mass is 10.2. The van der Waals surface area contributed by atoms with E-state index in [1.807, 2.05) is 6.07 Å². The third-order valence-corrected chi connectivity index (χ3v) is 2.67. The van der Waals surface area contributed by atoms with Crippen molar-refractivity contribution in [2.75, 3.05) is 11.9 Å². The zero-order valence-electron chi connectivity index (χ0n) is 8.72. The minimum Gasteiger partial charge on any atom is -0.359 e. The fourth-order valence-electron chi connectivity index (χ4n) is 1.91. The lowest BCUT2D eigenvalue weighted by Gasteiger charge is -2.29. The number of benzene rings is 1. The Labute approximate surface area is 85.4 Å². The SMILES string of the molecule is CCC1N(C)C=CN1c1ccccc1. The van der Waals surface area contributed by atoms with Gasteiger partial charge in [0.05, 0.1) is 0 Å². The minimum absolute atomic E-state index is 0.470. The van der Waals surface area contributed by atoms with E-state index in [0.29, 0.717) is 6.17 Å². The first kappa shape index (κ1) is 9.13. The molecule has 1 atom stereocenters. The van der Waals surface area contributed by atoms with Crippen molar-refractivity contribution in [1.82, 2.24) is 4.90 Å². The van der Waals surface area contributed by atoms with Gasteiger partial charge < -0.3 is 9.80 Å². The van der Waals surface area contributed by atoms with Crippen LogP contribution in [0, 0.1) is 0 Å². The molecular weight excluding hydrogens is 172 g/mol. The monoisotopic (exact) mass is 188 g/mol. The van der Waals surface area contributed by atoms with Gasteiger partial charge in [0.15, 0.2) is 0 Å². The quantitative estimate of drug-likeness (QED) is 0.704. The van der Waals surface area contributed by atoms with Gasteiger partial charge in [0.25, 0.3) is 0 Å². The summed E-state index contributed by atoms with van der Waals surface area (Å²) in [6, 6.07) is 10.5. The Kier molecular flexibility index (Phi) is 2.44. The average Bonchev–Trinajstić information content (AvgIpc) is 2.61. The Morgan fingerprint density at radius 3 is 2.50 bits per heavy atom. The van der Waals surface area contributed by atoms with Crippen LogP contribution in [-0.2, 0) is 0 Å². The van der Waals surface area contributed by atoms with Crippen molar-refractivity contribution in [2.24, 2.45) is 0 Å². The molecule has 1 aromatic rings. The predicted molar refractivity (Wildman–Crippen MR) is 59.9 cm³/mol. The van der Waals surface area contributed by atoms with Crippen molar-refractivity contribution < 1.29 is 0 Å². The van der Waals surface area contributed by atoms with Gasteiger partial charge >= 0.3 is 0 Å². The maximum atomic E-state index is 2.31. The van der Waals surface area contributed by atoms with Crippen LogP contribution in [-0.4, -0.2) is 18.1 Å². The van der Waals surface area contributed by atoms with Gasteiger partial charge in [-0.1, -0.05) is 25.1 Å². The highest BCUT2D eigenvalue weighted by molar-refractivity contribution is 5.51. The normalized spacial score (nSPS) is 20.6. The molecular formula is C12H16N2. The van der Waals surface area contributed by atoms with Crippen molar-refractivity contribution in [1.29, 1.82) is 0 Å². The van der Waals surface area contributed by atoms with Crippen molar-refractivity contribution in [2.45, 2.75) is 19.5 Å². The average molecular weight is 188 g/mol. The molecule has 14 heavy (non-hydrogen) atoms. The van der Waals surface area contributed by atoms with Crippen LogP contribution in [0.1, 0.15) is 13.3 Å². The third-order valence-electron chi connectivity index (χ3n) is 2.67. The summed E-state index contributed by atoms with van der Waals surface area (Å²) < 4.78 is 0. The summed E-state index contributed by atoms with van der Waals surface area (Å²) in [6.07, 6.45) is 5.86. The number of rotatable bonds is 2. The third kappa shape index (κ3) is 1.48. The first-order chi connectivity index (χ1) is 6.83. The van der Waals surface area contributed by atoms with Crippen LogP contribution in [0.25, 0.3) is 0 Å². The summed E-state index contributed by atoms with van der Waals surface area (Å²) in [6.45, 7) is 2.21. The van der Waals surface area contributed by atoms with Gasteiger partial charge in [-0.3, -0.25) is 0 Å². The Hall–Kier alpha value is -1.44. The molecule has 0 aliphatic carbocycles. The molecule has 0 bridgehead atoms. The molecule has 0 saturated heterocycles. The summed E-state index contributed by atoms with van der Waals surface area (Å²) >= 11 is 0. The molecule has 0 aromatic heterocycles. The second-order valence-corrected chi connectivity index (χ2v) is 3.60. The van der Waals surface area contributed by atoms with Crippen LogP contribution in [0.3, 0.4) is 0 Å². The number of nitrogens with zero attached hydrogens (tertiary/aromatic N) is 2. The Morgan fingerprint density at radius 2 is 1.86 bits per heavy atom. The van der Waals surface area contributed by atoms with Gasteiger partial charge in [-0.25, -0.2) is 0 Å². The van der Waals surface area contributed by atoms with E-state index < -0.39 is 0 Å². The molecule has 1 unspecified atom stereocenters. The molecule has 0 fully saturated rings. The van der Waals surface area contributed by atoms with Gasteiger partial charge in [-0.15, -0.1) is 0 Å². The number of hydrogen-bond donors (Lipinski definition) is 0. The molecule has 0 N–H and O–H groups in total. The molecule has 0 amide bonds. The molecule has 2 heteroatoms. The van der Waals surface area contributed by atoms with Crippen LogP contribution in [0.4, 0.5) is 5.69 Å². The minimum atomic E-state index is 0.470. The van der Waals surface area contributed by atoms with Crippen molar-refractivity contribution in [3.63, 3.8) is 0 Å². The molecule has 1 heterocycles. The van der Waals surface area contributed by atoms with Crippen LogP contribution < -0.4 is 4.90 Å². The maximum absolute atomic E-state index is 2.31. The summed E-state index contributed by atoms with van der Waals surface area (Å²) in [5, 5.41) is 0. The van der Waals surface area contributed by atoms with Crippen LogP contribution in [0.15, 0.2) is 42.7 Å². The lowest BCUT2D eigenvalue weighted by molar-refractivity contribution is 0.349. The zero-order chi connectivity index (χ0) is 9.97.